The van der Waals surface area contributed by atoms with Crippen molar-refractivity contribution in [3.63, 3.8) is 0 Å². The van der Waals surface area contributed by atoms with E-state index in [9.17, 15) is 13.2 Å². The number of carbonyl (C=O) groups excluding carboxylic acids is 1. The van der Waals surface area contributed by atoms with Gasteiger partial charge in [-0.3, -0.25) is 4.79 Å². The van der Waals surface area contributed by atoms with Crippen molar-refractivity contribution in [2.45, 2.75) is 25.4 Å². The Labute approximate surface area is 189 Å². The lowest BCUT2D eigenvalue weighted by atomic mass is 10.1. The van der Waals surface area contributed by atoms with Crippen LogP contribution < -0.4 is 10.1 Å². The summed E-state index contributed by atoms with van der Waals surface area (Å²) < 4.78 is 31.3. The quantitative estimate of drug-likeness (QED) is 0.590. The van der Waals surface area contributed by atoms with Gasteiger partial charge in [0.25, 0.3) is 5.91 Å². The van der Waals surface area contributed by atoms with Crippen molar-refractivity contribution in [3.05, 3.63) is 68.8 Å². The number of hydrogen-bond donors (Lipinski definition) is 1. The number of nitrogens with one attached hydrogen (secondary N) is 1. The van der Waals surface area contributed by atoms with Gasteiger partial charge in [0.1, 0.15) is 11.6 Å². The van der Waals surface area contributed by atoms with Gasteiger partial charge in [-0.15, -0.1) is 0 Å². The molecule has 0 bridgehead atoms. The zero-order valence-electron chi connectivity index (χ0n) is 16.8. The fraction of sp³-hybridized carbons (Fsp3) is 0.238. The Kier molecular flexibility index (Phi) is 5.72. The maximum atomic E-state index is 12.6. The van der Waals surface area contributed by atoms with Crippen molar-refractivity contribution < 1.29 is 17.9 Å². The van der Waals surface area contributed by atoms with Crippen molar-refractivity contribution in [2.75, 3.05) is 11.9 Å². The van der Waals surface area contributed by atoms with Crippen molar-refractivity contribution in [1.82, 2.24) is 9.78 Å². The molecule has 1 N–H and O–H groups in total. The Bertz CT molecular complexity index is 1300. The molecular weight excluding hydrogens is 461 g/mol. The first kappa shape index (κ1) is 21.7. The molecule has 4 rings (SSSR count). The summed E-state index contributed by atoms with van der Waals surface area (Å²) in [4.78, 5) is 12.6. The lowest BCUT2D eigenvalue weighted by Crippen LogP contribution is -2.23. The summed E-state index contributed by atoms with van der Waals surface area (Å²) in [6, 6.07) is 10.5. The van der Waals surface area contributed by atoms with Gasteiger partial charge in [0, 0.05) is 10.6 Å². The van der Waals surface area contributed by atoms with E-state index < -0.39 is 15.7 Å². The number of fused-ring (bicyclic) bond motifs is 1. The summed E-state index contributed by atoms with van der Waals surface area (Å²) in [5.41, 5.74) is 3.83. The SMILES string of the molecule is Cc1ccc(-n2nc3c(c2NC(=O)COc2ccc(Cl)cc2Cl)CS(=O)(=O)C3)cc1C. The lowest BCUT2D eigenvalue weighted by molar-refractivity contribution is -0.118. The van der Waals surface area contributed by atoms with Crippen LogP contribution in [-0.4, -0.2) is 30.7 Å². The lowest BCUT2D eigenvalue weighted by Gasteiger charge is -2.13. The van der Waals surface area contributed by atoms with Crippen molar-refractivity contribution >= 4 is 44.8 Å². The Morgan fingerprint density at radius 2 is 1.90 bits per heavy atom. The summed E-state index contributed by atoms with van der Waals surface area (Å²) in [6.45, 7) is 3.65. The highest BCUT2D eigenvalue weighted by Gasteiger charge is 2.33. The van der Waals surface area contributed by atoms with Crippen LogP contribution in [0.2, 0.25) is 10.0 Å². The van der Waals surface area contributed by atoms with Crippen molar-refractivity contribution in [2.24, 2.45) is 0 Å². The molecule has 0 fully saturated rings. The van der Waals surface area contributed by atoms with Gasteiger partial charge in [-0.2, -0.15) is 5.10 Å². The molecule has 0 saturated carbocycles. The van der Waals surface area contributed by atoms with Crippen molar-refractivity contribution in [3.8, 4) is 11.4 Å². The molecule has 0 aliphatic carbocycles. The molecule has 3 aromatic rings. The highest BCUT2D eigenvalue weighted by molar-refractivity contribution is 7.90. The molecule has 0 spiro atoms. The van der Waals surface area contributed by atoms with Gasteiger partial charge in [0.15, 0.2) is 16.4 Å². The standard InChI is InChI=1S/C21H19Cl2N3O4S/c1-12-3-5-15(7-13(12)2)26-21(16-10-31(28,29)11-18(16)25-26)24-20(27)9-30-19-6-4-14(22)8-17(19)23/h3-8H,9-11H2,1-2H3,(H,24,27). The number of aromatic nitrogens is 2. The number of sulfone groups is 1. The van der Waals surface area contributed by atoms with E-state index in [4.69, 9.17) is 27.9 Å². The van der Waals surface area contributed by atoms with Crippen LogP contribution in [0.1, 0.15) is 22.4 Å². The molecule has 0 saturated heterocycles. The number of halogens is 2. The molecular formula is C21H19Cl2N3O4S. The van der Waals surface area contributed by atoms with Gasteiger partial charge in [-0.05, 0) is 55.3 Å². The second kappa shape index (κ2) is 8.18. The number of nitrogens with zero attached hydrogens (tertiary/aromatic N) is 2. The van der Waals surface area contributed by atoms with Crippen LogP contribution in [0.3, 0.4) is 0 Å². The normalized spacial score (nSPS) is 14.3. The molecule has 1 aromatic heterocycles. The van der Waals surface area contributed by atoms with E-state index in [1.165, 1.54) is 6.07 Å². The topological polar surface area (TPSA) is 90.3 Å². The predicted octanol–water partition coefficient (Wildman–Crippen LogP) is 4.24. The molecule has 2 heterocycles. The van der Waals surface area contributed by atoms with Crippen LogP contribution in [0.25, 0.3) is 5.69 Å². The van der Waals surface area contributed by atoms with Gasteiger partial charge < -0.3 is 10.1 Å². The highest BCUT2D eigenvalue weighted by atomic mass is 35.5. The predicted molar refractivity (Wildman–Crippen MR) is 120 cm³/mol. The van der Waals surface area contributed by atoms with Crippen LogP contribution in [0.15, 0.2) is 36.4 Å². The van der Waals surface area contributed by atoms with Gasteiger partial charge in [-0.25, -0.2) is 13.1 Å². The van der Waals surface area contributed by atoms with Gasteiger partial charge >= 0.3 is 0 Å². The van der Waals surface area contributed by atoms with Crippen LogP contribution in [0, 0.1) is 13.8 Å². The molecule has 0 atom stereocenters. The molecule has 1 amide bonds. The first-order chi connectivity index (χ1) is 14.6. The summed E-state index contributed by atoms with van der Waals surface area (Å²) in [5, 5.41) is 7.97. The maximum Gasteiger partial charge on any atom is 0.263 e. The minimum Gasteiger partial charge on any atom is -0.482 e. The number of aryl methyl sites for hydroxylation is 2. The zero-order valence-corrected chi connectivity index (χ0v) is 19.1. The fourth-order valence-electron chi connectivity index (χ4n) is 3.32. The average molecular weight is 480 g/mol. The number of rotatable bonds is 5. The zero-order chi connectivity index (χ0) is 22.3. The van der Waals surface area contributed by atoms with E-state index in [0.717, 1.165) is 16.8 Å². The number of hydrogen-bond acceptors (Lipinski definition) is 5. The van der Waals surface area contributed by atoms with Crippen LogP contribution in [-0.2, 0) is 26.1 Å². The molecule has 10 heteroatoms. The number of benzene rings is 2. The van der Waals surface area contributed by atoms with E-state index in [-0.39, 0.29) is 23.1 Å². The van der Waals surface area contributed by atoms with E-state index in [2.05, 4.69) is 10.4 Å². The highest BCUT2D eigenvalue weighted by Crippen LogP contribution is 2.33. The third-order valence-electron chi connectivity index (χ3n) is 5.03. The minimum absolute atomic E-state index is 0.153. The van der Waals surface area contributed by atoms with Gasteiger partial charge in [0.05, 0.1) is 27.9 Å². The molecule has 1 aliphatic rings. The average Bonchev–Trinajstić information content (AvgIpc) is 3.16. The smallest absolute Gasteiger partial charge is 0.263 e. The van der Waals surface area contributed by atoms with Crippen LogP contribution >= 0.6 is 23.2 Å². The summed E-state index contributed by atoms with van der Waals surface area (Å²) in [5.74, 6) is -0.151. The molecule has 162 valence electrons. The Morgan fingerprint density at radius 3 is 2.61 bits per heavy atom. The van der Waals surface area contributed by atoms with E-state index in [1.54, 1.807) is 16.8 Å². The van der Waals surface area contributed by atoms with E-state index in [1.807, 2.05) is 32.0 Å². The molecule has 1 aliphatic heterocycles. The molecule has 31 heavy (non-hydrogen) atoms. The minimum atomic E-state index is -3.29. The summed E-state index contributed by atoms with van der Waals surface area (Å²) >= 11 is 11.9. The van der Waals surface area contributed by atoms with Crippen LogP contribution in [0.5, 0.6) is 5.75 Å². The third kappa shape index (κ3) is 4.56. The molecule has 0 radical (unpaired) electrons. The van der Waals surface area contributed by atoms with Crippen molar-refractivity contribution in [1.29, 1.82) is 0 Å². The second-order valence-corrected chi connectivity index (χ2v) is 10.3. The van der Waals surface area contributed by atoms with E-state index >= 15 is 0 Å². The van der Waals surface area contributed by atoms with Gasteiger partial charge in [-0.1, -0.05) is 29.3 Å². The Balaban J connectivity index is 1.62. The Hall–Kier alpha value is -2.55. The van der Waals surface area contributed by atoms with Crippen LogP contribution in [0.4, 0.5) is 5.82 Å². The van der Waals surface area contributed by atoms with Gasteiger partial charge in [0.2, 0.25) is 0 Å². The fourth-order valence-corrected chi connectivity index (χ4v) is 5.28. The first-order valence-electron chi connectivity index (χ1n) is 9.39. The summed E-state index contributed by atoms with van der Waals surface area (Å²) in [6.07, 6.45) is 0. The maximum absolute atomic E-state index is 12.6. The third-order valence-corrected chi connectivity index (χ3v) is 7.01. The molecule has 0 unspecified atom stereocenters. The monoisotopic (exact) mass is 479 g/mol. The number of amides is 1. The van der Waals surface area contributed by atoms with E-state index in [0.29, 0.717) is 27.8 Å². The Morgan fingerprint density at radius 1 is 1.13 bits per heavy atom. The molecule has 2 aromatic carbocycles. The molecule has 7 nitrogen and oxygen atoms in total. The summed E-state index contributed by atoms with van der Waals surface area (Å²) in [7, 11) is -3.29. The number of ether oxygens (including phenoxy) is 1. The first-order valence-corrected chi connectivity index (χ1v) is 12.0. The largest absolute Gasteiger partial charge is 0.482 e. The number of carbonyl (C=O) groups is 1. The second-order valence-electron chi connectivity index (χ2n) is 7.40. The number of anilines is 1.